The molecule has 0 bridgehead atoms. The van der Waals surface area contributed by atoms with Gasteiger partial charge in [0.2, 0.25) is 5.91 Å². The maximum absolute atomic E-state index is 12.6. The first kappa shape index (κ1) is 18.3. The highest BCUT2D eigenvalue weighted by Crippen LogP contribution is 2.13. The van der Waals surface area contributed by atoms with E-state index in [9.17, 15) is 9.59 Å². The van der Waals surface area contributed by atoms with E-state index in [0.717, 1.165) is 16.6 Å². The number of imidazole rings is 1. The van der Waals surface area contributed by atoms with Crippen molar-refractivity contribution in [1.82, 2.24) is 14.5 Å². The maximum Gasteiger partial charge on any atom is 0.329 e. The van der Waals surface area contributed by atoms with Crippen molar-refractivity contribution >= 4 is 28.5 Å². The summed E-state index contributed by atoms with van der Waals surface area (Å²) in [5.41, 5.74) is 2.57. The standard InChI is InChI=1S/C20H22ClN3O2/c1-3-23-17-6-4-5-7-18(17)24(20(23)26)13-19(25)22-14(2)12-15-8-10-16(21)11-9-15/h4-11,14H,3,12-13H2,1-2H3,(H,22,25)/t14-/m0/s1. The van der Waals surface area contributed by atoms with E-state index in [1.165, 1.54) is 4.57 Å². The van der Waals surface area contributed by atoms with E-state index in [1.807, 2.05) is 62.4 Å². The summed E-state index contributed by atoms with van der Waals surface area (Å²) in [7, 11) is 0. The Balaban J connectivity index is 1.72. The molecule has 0 aliphatic carbocycles. The quantitative estimate of drug-likeness (QED) is 0.723. The van der Waals surface area contributed by atoms with Gasteiger partial charge in [-0.3, -0.25) is 13.9 Å². The third kappa shape index (κ3) is 3.83. The van der Waals surface area contributed by atoms with Gasteiger partial charge in [-0.25, -0.2) is 4.79 Å². The number of rotatable bonds is 6. The molecule has 0 spiro atoms. The predicted octanol–water partition coefficient (Wildman–Crippen LogP) is 3.22. The zero-order valence-corrected chi connectivity index (χ0v) is 15.7. The summed E-state index contributed by atoms with van der Waals surface area (Å²) in [6.45, 7) is 4.45. The highest BCUT2D eigenvalue weighted by molar-refractivity contribution is 6.30. The Bertz CT molecular complexity index is 973. The van der Waals surface area contributed by atoms with Crippen molar-refractivity contribution in [1.29, 1.82) is 0 Å². The van der Waals surface area contributed by atoms with Gasteiger partial charge in [0.1, 0.15) is 6.54 Å². The summed E-state index contributed by atoms with van der Waals surface area (Å²) >= 11 is 5.90. The number of nitrogens with one attached hydrogen (secondary N) is 1. The summed E-state index contributed by atoms with van der Waals surface area (Å²) in [5.74, 6) is -0.174. The Hall–Kier alpha value is -2.53. The zero-order valence-electron chi connectivity index (χ0n) is 14.9. The van der Waals surface area contributed by atoms with E-state index in [1.54, 1.807) is 4.57 Å². The van der Waals surface area contributed by atoms with Gasteiger partial charge in [-0.1, -0.05) is 35.9 Å². The van der Waals surface area contributed by atoms with E-state index in [0.29, 0.717) is 18.0 Å². The van der Waals surface area contributed by atoms with Crippen LogP contribution in [-0.2, 0) is 24.3 Å². The van der Waals surface area contributed by atoms with Crippen LogP contribution in [0.3, 0.4) is 0 Å². The number of hydrogen-bond acceptors (Lipinski definition) is 2. The van der Waals surface area contributed by atoms with Crippen molar-refractivity contribution in [3.63, 3.8) is 0 Å². The predicted molar refractivity (Wildman–Crippen MR) is 105 cm³/mol. The fourth-order valence-corrected chi connectivity index (χ4v) is 3.35. The minimum Gasteiger partial charge on any atom is -0.352 e. The molecule has 136 valence electrons. The molecular weight excluding hydrogens is 350 g/mol. The summed E-state index contributed by atoms with van der Waals surface area (Å²) in [6.07, 6.45) is 0.703. The van der Waals surface area contributed by atoms with Crippen molar-refractivity contribution in [2.75, 3.05) is 0 Å². The molecule has 5 nitrogen and oxygen atoms in total. The first-order valence-corrected chi connectivity index (χ1v) is 9.09. The molecule has 1 atom stereocenters. The number of carbonyl (C=O) groups excluding carboxylic acids is 1. The van der Waals surface area contributed by atoms with E-state index < -0.39 is 0 Å². The van der Waals surface area contributed by atoms with E-state index in [4.69, 9.17) is 11.6 Å². The molecule has 1 heterocycles. The summed E-state index contributed by atoms with van der Waals surface area (Å²) in [5, 5.41) is 3.66. The number of hydrogen-bond donors (Lipinski definition) is 1. The number of fused-ring (bicyclic) bond motifs is 1. The van der Waals surface area contributed by atoms with Gasteiger partial charge in [0, 0.05) is 17.6 Å². The number of para-hydroxylation sites is 2. The highest BCUT2D eigenvalue weighted by Gasteiger charge is 2.15. The molecule has 0 radical (unpaired) electrons. The second kappa shape index (κ2) is 7.79. The lowest BCUT2D eigenvalue weighted by Crippen LogP contribution is -2.38. The van der Waals surface area contributed by atoms with Gasteiger partial charge in [0.25, 0.3) is 0 Å². The van der Waals surface area contributed by atoms with Crippen LogP contribution in [0, 0.1) is 0 Å². The monoisotopic (exact) mass is 371 g/mol. The van der Waals surface area contributed by atoms with Crippen molar-refractivity contribution in [3.8, 4) is 0 Å². The molecule has 0 aliphatic heterocycles. The van der Waals surface area contributed by atoms with Crippen LogP contribution in [0.15, 0.2) is 53.3 Å². The number of aryl methyl sites for hydroxylation is 1. The van der Waals surface area contributed by atoms with Crippen molar-refractivity contribution in [2.45, 2.75) is 39.4 Å². The summed E-state index contributed by atoms with van der Waals surface area (Å²) in [6, 6.07) is 15.1. The molecule has 1 aromatic heterocycles. The highest BCUT2D eigenvalue weighted by atomic mass is 35.5. The van der Waals surface area contributed by atoms with E-state index >= 15 is 0 Å². The Morgan fingerprint density at radius 3 is 2.31 bits per heavy atom. The Kier molecular flexibility index (Phi) is 5.47. The van der Waals surface area contributed by atoms with Gasteiger partial charge in [-0.15, -0.1) is 0 Å². The second-order valence-corrected chi connectivity index (χ2v) is 6.84. The van der Waals surface area contributed by atoms with Crippen LogP contribution < -0.4 is 11.0 Å². The van der Waals surface area contributed by atoms with Crippen LogP contribution in [-0.4, -0.2) is 21.1 Å². The fraction of sp³-hybridized carbons (Fsp3) is 0.300. The third-order valence-electron chi connectivity index (χ3n) is 4.41. The molecular formula is C20H22ClN3O2. The van der Waals surface area contributed by atoms with Gasteiger partial charge in [-0.05, 0) is 50.1 Å². The van der Waals surface area contributed by atoms with Gasteiger partial charge in [0.15, 0.2) is 0 Å². The molecule has 3 rings (SSSR count). The molecule has 0 fully saturated rings. The summed E-state index contributed by atoms with van der Waals surface area (Å²) in [4.78, 5) is 25.1. The van der Waals surface area contributed by atoms with E-state index in [-0.39, 0.29) is 24.2 Å². The number of benzene rings is 2. The molecule has 0 saturated heterocycles. The van der Waals surface area contributed by atoms with Crippen LogP contribution in [0.25, 0.3) is 11.0 Å². The SMILES string of the molecule is CCn1c(=O)n(CC(=O)N[C@@H](C)Cc2ccc(Cl)cc2)c2ccccc21. The lowest BCUT2D eigenvalue weighted by atomic mass is 10.1. The van der Waals surface area contributed by atoms with Crippen molar-refractivity contribution in [2.24, 2.45) is 0 Å². The molecule has 0 saturated carbocycles. The Labute approximate surface area is 157 Å². The zero-order chi connectivity index (χ0) is 18.7. The third-order valence-corrected chi connectivity index (χ3v) is 4.66. The largest absolute Gasteiger partial charge is 0.352 e. The molecule has 2 aromatic carbocycles. The minimum absolute atomic E-state index is 0.0112. The Morgan fingerprint density at radius 1 is 1.08 bits per heavy atom. The van der Waals surface area contributed by atoms with Crippen LogP contribution in [0.1, 0.15) is 19.4 Å². The number of amides is 1. The first-order valence-electron chi connectivity index (χ1n) is 8.71. The molecule has 1 amide bonds. The van der Waals surface area contributed by atoms with Crippen LogP contribution in [0.5, 0.6) is 0 Å². The molecule has 0 aliphatic rings. The normalized spacial score (nSPS) is 12.3. The number of halogens is 1. The molecule has 3 aromatic rings. The average molecular weight is 372 g/mol. The minimum atomic E-state index is -0.174. The van der Waals surface area contributed by atoms with Gasteiger partial charge in [0.05, 0.1) is 11.0 Å². The molecule has 1 N–H and O–H groups in total. The van der Waals surface area contributed by atoms with Gasteiger partial charge < -0.3 is 5.32 Å². The maximum atomic E-state index is 12.6. The Morgan fingerprint density at radius 2 is 1.69 bits per heavy atom. The van der Waals surface area contributed by atoms with E-state index in [2.05, 4.69) is 5.32 Å². The van der Waals surface area contributed by atoms with Crippen LogP contribution in [0.4, 0.5) is 0 Å². The molecule has 26 heavy (non-hydrogen) atoms. The second-order valence-electron chi connectivity index (χ2n) is 6.40. The fourth-order valence-electron chi connectivity index (χ4n) is 3.22. The van der Waals surface area contributed by atoms with Gasteiger partial charge >= 0.3 is 5.69 Å². The number of aromatic nitrogens is 2. The summed E-state index contributed by atoms with van der Waals surface area (Å²) < 4.78 is 3.21. The molecule has 0 unspecified atom stereocenters. The average Bonchev–Trinajstić information content (AvgIpc) is 2.88. The lowest BCUT2D eigenvalue weighted by molar-refractivity contribution is -0.122. The number of carbonyl (C=O) groups is 1. The van der Waals surface area contributed by atoms with Crippen molar-refractivity contribution < 1.29 is 4.79 Å². The van der Waals surface area contributed by atoms with Gasteiger partial charge in [-0.2, -0.15) is 0 Å². The topological polar surface area (TPSA) is 56.0 Å². The van der Waals surface area contributed by atoms with Crippen molar-refractivity contribution in [3.05, 3.63) is 69.6 Å². The lowest BCUT2D eigenvalue weighted by Gasteiger charge is -2.14. The number of nitrogens with zero attached hydrogens (tertiary/aromatic N) is 2. The smallest absolute Gasteiger partial charge is 0.329 e. The first-order chi connectivity index (χ1) is 12.5. The van der Waals surface area contributed by atoms with Crippen LogP contribution >= 0.6 is 11.6 Å². The molecule has 6 heteroatoms. The van der Waals surface area contributed by atoms with Crippen LogP contribution in [0.2, 0.25) is 5.02 Å².